The summed E-state index contributed by atoms with van der Waals surface area (Å²) in [5, 5.41) is 3.47. The van der Waals surface area contributed by atoms with Crippen molar-refractivity contribution < 1.29 is 4.74 Å². The molecule has 1 N–H and O–H groups in total. The number of ether oxygens (including phenoxy) is 1. The van der Waals surface area contributed by atoms with E-state index in [1.54, 1.807) is 0 Å². The molecule has 0 aromatic rings. The fourth-order valence-corrected chi connectivity index (χ4v) is 1.50. The summed E-state index contributed by atoms with van der Waals surface area (Å²) in [6, 6.07) is 0.630. The van der Waals surface area contributed by atoms with Gasteiger partial charge in [-0.1, -0.05) is 12.2 Å². The van der Waals surface area contributed by atoms with Gasteiger partial charge in [-0.05, 0) is 26.7 Å². The molecule has 0 bridgehead atoms. The highest BCUT2D eigenvalue weighted by atomic mass is 16.5. The van der Waals surface area contributed by atoms with Crippen molar-refractivity contribution in [3.8, 4) is 0 Å². The van der Waals surface area contributed by atoms with Gasteiger partial charge in [0.2, 0.25) is 0 Å². The zero-order chi connectivity index (χ0) is 8.97. The van der Waals surface area contributed by atoms with Crippen LogP contribution in [0, 0.1) is 0 Å². The van der Waals surface area contributed by atoms with E-state index in [-0.39, 0.29) is 0 Å². The van der Waals surface area contributed by atoms with Crippen LogP contribution in [0.15, 0.2) is 12.2 Å². The standard InChI is InChI=1S/C10H19NO/c1-8(2)7-11-10-4-5-12-9(3)6-10/h9-11H,1,4-7H2,2-3H3. The maximum atomic E-state index is 5.45. The Morgan fingerprint density at radius 1 is 1.67 bits per heavy atom. The highest BCUT2D eigenvalue weighted by molar-refractivity contribution is 4.92. The molecule has 1 rings (SSSR count). The molecule has 2 unspecified atom stereocenters. The average molecular weight is 169 g/mol. The Bertz CT molecular complexity index is 156. The van der Waals surface area contributed by atoms with Crippen molar-refractivity contribution in [2.45, 2.75) is 38.8 Å². The predicted molar refractivity (Wildman–Crippen MR) is 51.3 cm³/mol. The summed E-state index contributed by atoms with van der Waals surface area (Å²) in [4.78, 5) is 0. The number of hydrogen-bond donors (Lipinski definition) is 1. The normalized spacial score (nSPS) is 30.2. The minimum absolute atomic E-state index is 0.418. The molecule has 2 heteroatoms. The van der Waals surface area contributed by atoms with Gasteiger partial charge in [-0.2, -0.15) is 0 Å². The van der Waals surface area contributed by atoms with Crippen LogP contribution in [0.25, 0.3) is 0 Å². The molecule has 1 saturated heterocycles. The fraction of sp³-hybridized carbons (Fsp3) is 0.800. The Morgan fingerprint density at radius 3 is 3.00 bits per heavy atom. The van der Waals surface area contributed by atoms with E-state index in [4.69, 9.17) is 4.74 Å². The molecular weight excluding hydrogens is 150 g/mol. The van der Waals surface area contributed by atoms with Crippen LogP contribution in [-0.4, -0.2) is 25.3 Å². The maximum absolute atomic E-state index is 5.45. The third kappa shape index (κ3) is 3.37. The largest absolute Gasteiger partial charge is 0.378 e. The Morgan fingerprint density at radius 2 is 2.42 bits per heavy atom. The van der Waals surface area contributed by atoms with Crippen molar-refractivity contribution in [1.29, 1.82) is 0 Å². The number of nitrogens with one attached hydrogen (secondary N) is 1. The van der Waals surface area contributed by atoms with Crippen LogP contribution in [-0.2, 0) is 4.74 Å². The molecule has 0 aliphatic carbocycles. The van der Waals surface area contributed by atoms with Crippen LogP contribution in [0.3, 0.4) is 0 Å². The van der Waals surface area contributed by atoms with Crippen molar-refractivity contribution in [1.82, 2.24) is 5.32 Å². The lowest BCUT2D eigenvalue weighted by molar-refractivity contribution is 0.0139. The molecular formula is C10H19NO. The first-order valence-corrected chi connectivity index (χ1v) is 4.68. The van der Waals surface area contributed by atoms with Crippen molar-refractivity contribution in [2.24, 2.45) is 0 Å². The minimum atomic E-state index is 0.418. The molecule has 1 aliphatic heterocycles. The van der Waals surface area contributed by atoms with E-state index < -0.39 is 0 Å². The van der Waals surface area contributed by atoms with E-state index in [1.807, 2.05) is 0 Å². The third-order valence-corrected chi connectivity index (χ3v) is 2.18. The summed E-state index contributed by atoms with van der Waals surface area (Å²) in [6.07, 6.45) is 2.69. The van der Waals surface area contributed by atoms with E-state index in [1.165, 1.54) is 5.57 Å². The summed E-state index contributed by atoms with van der Waals surface area (Å²) >= 11 is 0. The fourth-order valence-electron chi connectivity index (χ4n) is 1.50. The lowest BCUT2D eigenvalue weighted by Crippen LogP contribution is -2.38. The smallest absolute Gasteiger partial charge is 0.0561 e. The van der Waals surface area contributed by atoms with Gasteiger partial charge in [0.1, 0.15) is 0 Å². The second kappa shape index (κ2) is 4.63. The molecule has 70 valence electrons. The van der Waals surface area contributed by atoms with Crippen molar-refractivity contribution in [3.63, 3.8) is 0 Å². The first-order valence-electron chi connectivity index (χ1n) is 4.68. The molecule has 0 aromatic heterocycles. The van der Waals surface area contributed by atoms with Crippen molar-refractivity contribution >= 4 is 0 Å². The Kier molecular flexibility index (Phi) is 3.76. The Hall–Kier alpha value is -0.340. The Balaban J connectivity index is 2.18. The lowest BCUT2D eigenvalue weighted by Gasteiger charge is -2.28. The minimum Gasteiger partial charge on any atom is -0.378 e. The zero-order valence-electron chi connectivity index (χ0n) is 8.10. The van der Waals surface area contributed by atoms with Crippen molar-refractivity contribution in [3.05, 3.63) is 12.2 Å². The molecule has 12 heavy (non-hydrogen) atoms. The third-order valence-electron chi connectivity index (χ3n) is 2.18. The van der Waals surface area contributed by atoms with Crippen LogP contribution < -0.4 is 5.32 Å². The molecule has 1 fully saturated rings. The van der Waals surface area contributed by atoms with E-state index in [9.17, 15) is 0 Å². The summed E-state index contributed by atoms with van der Waals surface area (Å²) < 4.78 is 5.45. The summed E-state index contributed by atoms with van der Waals surface area (Å²) in [5.74, 6) is 0. The highest BCUT2D eigenvalue weighted by Crippen LogP contribution is 2.12. The summed E-state index contributed by atoms with van der Waals surface area (Å²) in [7, 11) is 0. The molecule has 1 aliphatic rings. The van der Waals surface area contributed by atoms with Crippen LogP contribution in [0.2, 0.25) is 0 Å². The predicted octanol–water partition coefficient (Wildman–Crippen LogP) is 1.72. The van der Waals surface area contributed by atoms with E-state index in [0.717, 1.165) is 26.0 Å². The van der Waals surface area contributed by atoms with Gasteiger partial charge in [0.25, 0.3) is 0 Å². The topological polar surface area (TPSA) is 21.3 Å². The first kappa shape index (κ1) is 9.75. The molecule has 2 nitrogen and oxygen atoms in total. The molecule has 0 aromatic carbocycles. The van der Waals surface area contributed by atoms with E-state index in [2.05, 4.69) is 25.7 Å². The van der Waals surface area contributed by atoms with Crippen LogP contribution in [0.1, 0.15) is 26.7 Å². The second-order valence-electron chi connectivity index (χ2n) is 3.74. The Labute approximate surface area is 75.0 Å². The van der Waals surface area contributed by atoms with Crippen molar-refractivity contribution in [2.75, 3.05) is 13.2 Å². The van der Waals surface area contributed by atoms with Crippen LogP contribution in [0.4, 0.5) is 0 Å². The maximum Gasteiger partial charge on any atom is 0.0561 e. The molecule has 0 saturated carbocycles. The van der Waals surface area contributed by atoms with Gasteiger partial charge in [-0.15, -0.1) is 0 Å². The molecule has 0 amide bonds. The van der Waals surface area contributed by atoms with Gasteiger partial charge in [-0.25, -0.2) is 0 Å². The SMILES string of the molecule is C=C(C)CNC1CCOC(C)C1. The van der Waals surface area contributed by atoms with Gasteiger partial charge in [0.15, 0.2) is 0 Å². The lowest BCUT2D eigenvalue weighted by atomic mass is 10.0. The summed E-state index contributed by atoms with van der Waals surface area (Å²) in [5.41, 5.74) is 1.20. The van der Waals surface area contributed by atoms with Crippen LogP contribution >= 0.6 is 0 Å². The first-order chi connectivity index (χ1) is 5.68. The quantitative estimate of drug-likeness (QED) is 0.649. The van der Waals surface area contributed by atoms with Crippen LogP contribution in [0.5, 0.6) is 0 Å². The van der Waals surface area contributed by atoms with Gasteiger partial charge < -0.3 is 10.1 Å². The van der Waals surface area contributed by atoms with Gasteiger partial charge in [0.05, 0.1) is 6.10 Å². The van der Waals surface area contributed by atoms with Gasteiger partial charge in [-0.3, -0.25) is 0 Å². The highest BCUT2D eigenvalue weighted by Gasteiger charge is 2.17. The number of rotatable bonds is 3. The number of hydrogen-bond acceptors (Lipinski definition) is 2. The molecule has 0 spiro atoms. The van der Waals surface area contributed by atoms with E-state index in [0.29, 0.717) is 12.1 Å². The zero-order valence-corrected chi connectivity index (χ0v) is 8.10. The monoisotopic (exact) mass is 169 g/mol. The second-order valence-corrected chi connectivity index (χ2v) is 3.74. The molecule has 0 radical (unpaired) electrons. The van der Waals surface area contributed by atoms with Gasteiger partial charge in [0, 0.05) is 19.2 Å². The van der Waals surface area contributed by atoms with Gasteiger partial charge >= 0.3 is 0 Å². The molecule has 2 atom stereocenters. The molecule has 1 heterocycles. The average Bonchev–Trinajstić information content (AvgIpc) is 2.01. The van der Waals surface area contributed by atoms with E-state index >= 15 is 0 Å². The summed E-state index contributed by atoms with van der Waals surface area (Å²) in [6.45, 7) is 9.89.